The minimum Gasteiger partial charge on any atom is -0.369 e. The lowest BCUT2D eigenvalue weighted by atomic mass is 9.47. The number of rotatable bonds is 4. The molecule has 1 aliphatic heterocycles. The van der Waals surface area contributed by atoms with E-state index in [9.17, 15) is 18.8 Å². The number of carbonyl (C=O) groups is 1. The number of alkyl halides is 2. The van der Waals surface area contributed by atoms with Gasteiger partial charge in [0, 0.05) is 17.9 Å². The first-order chi connectivity index (χ1) is 13.6. The second-order valence-electron chi connectivity index (χ2n) is 10.3. The number of hydrogen-bond acceptors (Lipinski definition) is 4. The molecule has 29 heavy (non-hydrogen) atoms. The van der Waals surface area contributed by atoms with Crippen molar-refractivity contribution >= 4 is 11.7 Å². The third kappa shape index (κ3) is 3.52. The molecule has 6 nitrogen and oxygen atoms in total. The lowest BCUT2D eigenvalue weighted by Gasteiger charge is -2.59. The summed E-state index contributed by atoms with van der Waals surface area (Å²) in [6.07, 6.45) is 6.74. The zero-order chi connectivity index (χ0) is 21.0. The van der Waals surface area contributed by atoms with Gasteiger partial charge in [-0.1, -0.05) is 0 Å². The van der Waals surface area contributed by atoms with Gasteiger partial charge in [-0.05, 0) is 76.7 Å². The number of hydrogen-bond donors (Lipinski definition) is 2. The predicted octanol–water partition coefficient (Wildman–Crippen LogP) is 2.65. The monoisotopic (exact) mass is 407 g/mol. The Bertz CT molecular complexity index is 743. The number of likely N-dealkylation sites (tertiary alicyclic amines) is 1. The number of nitrogens with zero attached hydrogens (tertiary/aromatic N) is 3. The third-order valence-corrected chi connectivity index (χ3v) is 8.02. The second kappa shape index (κ2) is 6.90. The maximum Gasteiger partial charge on any atom is 0.260 e. The van der Waals surface area contributed by atoms with E-state index in [1.165, 1.54) is 0 Å². The van der Waals surface area contributed by atoms with Gasteiger partial charge in [-0.25, -0.2) is 8.78 Å². The molecule has 1 amide bonds. The fourth-order valence-electron chi connectivity index (χ4n) is 6.71. The van der Waals surface area contributed by atoms with Crippen LogP contribution in [0.15, 0.2) is 4.99 Å². The average Bonchev–Trinajstić information content (AvgIpc) is 2.62. The molecule has 4 aliphatic carbocycles. The molecule has 0 aromatic heterocycles. The molecule has 1 saturated heterocycles. The van der Waals surface area contributed by atoms with E-state index in [-0.39, 0.29) is 30.3 Å². The Hall–Kier alpha value is -1.75. The molecule has 5 aliphatic rings. The highest BCUT2D eigenvalue weighted by Gasteiger charge is 2.58. The van der Waals surface area contributed by atoms with E-state index in [1.807, 2.05) is 20.0 Å². The molecule has 0 radical (unpaired) electrons. The van der Waals surface area contributed by atoms with Gasteiger partial charge in [0.1, 0.15) is 5.84 Å². The number of amidine groups is 1. The Labute approximate surface area is 170 Å². The van der Waals surface area contributed by atoms with Crippen molar-refractivity contribution in [1.82, 2.24) is 10.2 Å². The van der Waals surface area contributed by atoms with Crippen LogP contribution in [0.5, 0.6) is 0 Å². The number of amides is 1. The van der Waals surface area contributed by atoms with Crippen LogP contribution < -0.4 is 11.1 Å². The lowest BCUT2D eigenvalue weighted by Crippen LogP contribution is -2.66. The van der Waals surface area contributed by atoms with Crippen molar-refractivity contribution in [3.63, 3.8) is 0 Å². The number of nitrogens with two attached hydrogens (primary N) is 1. The lowest BCUT2D eigenvalue weighted by molar-refractivity contribution is -0.145. The molecule has 4 bridgehead atoms. The normalized spacial score (nSPS) is 39.2. The van der Waals surface area contributed by atoms with E-state index < -0.39 is 11.5 Å². The van der Waals surface area contributed by atoms with Gasteiger partial charge in [-0.2, -0.15) is 10.3 Å². The van der Waals surface area contributed by atoms with Crippen LogP contribution in [0, 0.1) is 34.6 Å². The van der Waals surface area contributed by atoms with E-state index in [0.717, 1.165) is 32.1 Å². The second-order valence-corrected chi connectivity index (χ2v) is 10.3. The number of nitrogens with one attached hydrogen (secondary N) is 1. The van der Waals surface area contributed by atoms with Gasteiger partial charge in [0.15, 0.2) is 0 Å². The molecule has 0 aromatic rings. The first-order valence-electron chi connectivity index (χ1n) is 10.7. The van der Waals surface area contributed by atoms with Crippen LogP contribution in [-0.2, 0) is 4.79 Å². The quantitative estimate of drug-likeness (QED) is 0.426. The fourth-order valence-corrected chi connectivity index (χ4v) is 6.71. The van der Waals surface area contributed by atoms with Gasteiger partial charge in [-0.15, -0.1) is 0 Å². The number of primary amides is 1. The van der Waals surface area contributed by atoms with E-state index in [2.05, 4.69) is 10.3 Å². The molecule has 4 saturated carbocycles. The molecule has 8 heteroatoms. The first-order valence-corrected chi connectivity index (χ1v) is 10.7. The highest BCUT2D eigenvalue weighted by Crippen LogP contribution is 2.60. The Morgan fingerprint density at radius 1 is 1.28 bits per heavy atom. The van der Waals surface area contributed by atoms with E-state index in [1.54, 1.807) is 4.90 Å². The van der Waals surface area contributed by atoms with E-state index >= 15 is 0 Å². The molecule has 0 spiro atoms. The smallest absolute Gasteiger partial charge is 0.260 e. The van der Waals surface area contributed by atoms with Crippen molar-refractivity contribution in [3.8, 4) is 6.19 Å². The summed E-state index contributed by atoms with van der Waals surface area (Å²) in [5, 5.41) is 12.8. The van der Waals surface area contributed by atoms with Gasteiger partial charge in [-0.3, -0.25) is 9.69 Å². The zero-order valence-electron chi connectivity index (χ0n) is 17.3. The Morgan fingerprint density at radius 3 is 2.48 bits per heavy atom. The van der Waals surface area contributed by atoms with Crippen LogP contribution in [-0.4, -0.2) is 47.2 Å². The maximum absolute atomic E-state index is 14.0. The topological polar surface area (TPSA) is 94.5 Å². The molecular weight excluding hydrogens is 376 g/mol. The largest absolute Gasteiger partial charge is 0.369 e. The summed E-state index contributed by atoms with van der Waals surface area (Å²) >= 11 is 0. The van der Waals surface area contributed by atoms with Gasteiger partial charge < -0.3 is 11.1 Å². The first kappa shape index (κ1) is 20.5. The molecular formula is C21H31F2N5O. The van der Waals surface area contributed by atoms with Crippen molar-refractivity contribution < 1.29 is 13.6 Å². The van der Waals surface area contributed by atoms with Crippen LogP contribution in [0.25, 0.3) is 0 Å². The van der Waals surface area contributed by atoms with Crippen molar-refractivity contribution in [3.05, 3.63) is 0 Å². The number of aliphatic imine (C=N–C) groups is 1. The highest BCUT2D eigenvalue weighted by atomic mass is 19.3. The van der Waals surface area contributed by atoms with Crippen LogP contribution in [0.2, 0.25) is 0 Å². The Balaban J connectivity index is 1.55. The molecule has 1 heterocycles. The van der Waals surface area contributed by atoms with Crippen LogP contribution in [0.3, 0.4) is 0 Å². The van der Waals surface area contributed by atoms with Gasteiger partial charge in [0.25, 0.3) is 5.92 Å². The van der Waals surface area contributed by atoms with E-state index in [4.69, 9.17) is 5.73 Å². The van der Waals surface area contributed by atoms with Gasteiger partial charge >= 0.3 is 0 Å². The fraction of sp³-hybridized carbons (Fsp3) is 0.857. The molecule has 2 atom stereocenters. The van der Waals surface area contributed by atoms with Crippen LogP contribution >= 0.6 is 0 Å². The highest BCUT2D eigenvalue weighted by molar-refractivity contribution is 5.92. The average molecular weight is 408 g/mol. The maximum atomic E-state index is 14.0. The SMILES string of the molecule is CC(C)(/C(=N\C#N)NC1C2CC3CC1CC(C(N)=O)(C3)C2)N1CCCC(F)(F)C1. The van der Waals surface area contributed by atoms with Gasteiger partial charge in [0.2, 0.25) is 12.1 Å². The standard InChI is InChI=1S/C21H31F2N5O/c1-19(2,28-5-3-4-21(22,23)11-28)18(26-12-24)27-16-14-6-13-7-15(16)10-20(8-13,9-14)17(25)29/h13-16H,3-11H2,1-2H3,(H2,25,29)(H,26,27). The summed E-state index contributed by atoms with van der Waals surface area (Å²) in [6.45, 7) is 3.95. The summed E-state index contributed by atoms with van der Waals surface area (Å²) in [4.78, 5) is 18.0. The molecule has 3 N–H and O–H groups in total. The van der Waals surface area contributed by atoms with Crippen molar-refractivity contribution in [2.75, 3.05) is 13.1 Å². The Morgan fingerprint density at radius 2 is 1.93 bits per heavy atom. The third-order valence-electron chi connectivity index (χ3n) is 8.02. The summed E-state index contributed by atoms with van der Waals surface area (Å²) in [7, 11) is 0. The van der Waals surface area contributed by atoms with Crippen molar-refractivity contribution in [1.29, 1.82) is 5.26 Å². The molecule has 160 valence electrons. The number of piperidine rings is 1. The number of carbonyl (C=O) groups excluding carboxylic acids is 1. The molecule has 2 unspecified atom stereocenters. The summed E-state index contributed by atoms with van der Waals surface area (Å²) in [5.74, 6) is -1.31. The predicted molar refractivity (Wildman–Crippen MR) is 105 cm³/mol. The van der Waals surface area contributed by atoms with Gasteiger partial charge in [0.05, 0.1) is 12.1 Å². The molecule has 5 fully saturated rings. The van der Waals surface area contributed by atoms with Crippen LogP contribution in [0.1, 0.15) is 58.8 Å². The van der Waals surface area contributed by atoms with Crippen molar-refractivity contribution in [2.24, 2.45) is 33.9 Å². The Kier molecular flexibility index (Phi) is 4.88. The van der Waals surface area contributed by atoms with Crippen molar-refractivity contribution in [2.45, 2.75) is 76.3 Å². The summed E-state index contributed by atoms with van der Waals surface area (Å²) in [5.41, 5.74) is 4.60. The molecule has 0 aromatic carbocycles. The zero-order valence-corrected chi connectivity index (χ0v) is 17.3. The van der Waals surface area contributed by atoms with E-state index in [0.29, 0.717) is 36.6 Å². The summed E-state index contributed by atoms with van der Waals surface area (Å²) < 4.78 is 28.1. The number of nitriles is 1. The number of halogens is 2. The summed E-state index contributed by atoms with van der Waals surface area (Å²) in [6, 6.07) is 0.107. The van der Waals surface area contributed by atoms with Crippen LogP contribution in [0.4, 0.5) is 8.78 Å². The minimum atomic E-state index is -2.72. The minimum absolute atomic E-state index is 0.0961. The molecule has 5 rings (SSSR count).